The molecule has 148 valence electrons. The molecule has 1 fully saturated rings. The van der Waals surface area contributed by atoms with E-state index in [0.717, 1.165) is 10.6 Å². The van der Waals surface area contributed by atoms with E-state index >= 15 is 0 Å². The van der Waals surface area contributed by atoms with Gasteiger partial charge in [0, 0.05) is 43.7 Å². The zero-order valence-corrected chi connectivity index (χ0v) is 16.7. The first kappa shape index (κ1) is 20.0. The van der Waals surface area contributed by atoms with Gasteiger partial charge in [-0.1, -0.05) is 0 Å². The highest BCUT2D eigenvalue weighted by Crippen LogP contribution is 2.26. The number of furan rings is 1. The Labute approximate surface area is 168 Å². The number of thioether (sulfide) groups is 1. The van der Waals surface area contributed by atoms with Gasteiger partial charge >= 0.3 is 0 Å². The summed E-state index contributed by atoms with van der Waals surface area (Å²) in [5.74, 6) is 0.125. The number of anilines is 1. The Bertz CT molecular complexity index is 828. The van der Waals surface area contributed by atoms with Gasteiger partial charge in [-0.2, -0.15) is 0 Å². The van der Waals surface area contributed by atoms with Crippen LogP contribution in [-0.4, -0.2) is 59.0 Å². The Morgan fingerprint density at radius 2 is 1.68 bits per heavy atom. The highest BCUT2D eigenvalue weighted by molar-refractivity contribution is 8.00. The van der Waals surface area contributed by atoms with Gasteiger partial charge < -0.3 is 19.5 Å². The van der Waals surface area contributed by atoms with Crippen molar-refractivity contribution in [2.45, 2.75) is 24.0 Å². The summed E-state index contributed by atoms with van der Waals surface area (Å²) in [5, 5.41) is 2.48. The van der Waals surface area contributed by atoms with Crippen molar-refractivity contribution in [2.24, 2.45) is 0 Å². The molecule has 1 N–H and O–H groups in total. The standard InChI is InChI=1S/C20H23N3O4S/c1-14(28-17-7-5-16(6-8-17)21-15(2)24)19(25)22-9-11-23(12-10-22)20(26)18-4-3-13-27-18/h3-8,13-14H,9-12H2,1-2H3,(H,21,24)/t14-/m0/s1. The molecular weight excluding hydrogens is 378 g/mol. The molecule has 3 rings (SSSR count). The van der Waals surface area contributed by atoms with Crippen molar-refractivity contribution in [1.82, 2.24) is 9.80 Å². The predicted molar refractivity (Wildman–Crippen MR) is 107 cm³/mol. The summed E-state index contributed by atoms with van der Waals surface area (Å²) in [4.78, 5) is 40.6. The van der Waals surface area contributed by atoms with Gasteiger partial charge in [-0.05, 0) is 43.3 Å². The molecule has 1 aliphatic rings. The summed E-state index contributed by atoms with van der Waals surface area (Å²) in [6.07, 6.45) is 1.48. The third kappa shape index (κ3) is 4.95. The Morgan fingerprint density at radius 1 is 1.04 bits per heavy atom. The van der Waals surface area contributed by atoms with E-state index in [9.17, 15) is 14.4 Å². The quantitative estimate of drug-likeness (QED) is 0.779. The number of carbonyl (C=O) groups is 3. The number of nitrogens with one attached hydrogen (secondary N) is 1. The maximum Gasteiger partial charge on any atom is 0.289 e. The number of rotatable bonds is 5. The Morgan fingerprint density at radius 3 is 2.25 bits per heavy atom. The van der Waals surface area contributed by atoms with Crippen LogP contribution in [0.3, 0.4) is 0 Å². The second kappa shape index (κ2) is 8.97. The third-order valence-corrected chi connectivity index (χ3v) is 5.55. The molecule has 1 aromatic carbocycles. The topological polar surface area (TPSA) is 82.9 Å². The Balaban J connectivity index is 1.50. The molecule has 28 heavy (non-hydrogen) atoms. The summed E-state index contributed by atoms with van der Waals surface area (Å²) < 4.78 is 5.16. The molecule has 0 bridgehead atoms. The number of amides is 3. The summed E-state index contributed by atoms with van der Waals surface area (Å²) in [7, 11) is 0. The number of piperazine rings is 1. The van der Waals surface area contributed by atoms with Crippen LogP contribution < -0.4 is 5.32 Å². The van der Waals surface area contributed by atoms with Crippen LogP contribution in [0.2, 0.25) is 0 Å². The van der Waals surface area contributed by atoms with E-state index in [-0.39, 0.29) is 23.0 Å². The molecule has 8 heteroatoms. The Hall–Kier alpha value is -2.74. The predicted octanol–water partition coefficient (Wildman–Crippen LogP) is 2.70. The van der Waals surface area contributed by atoms with Gasteiger partial charge in [0.05, 0.1) is 11.5 Å². The van der Waals surface area contributed by atoms with Crippen molar-refractivity contribution < 1.29 is 18.8 Å². The van der Waals surface area contributed by atoms with Crippen LogP contribution in [0.5, 0.6) is 0 Å². The smallest absolute Gasteiger partial charge is 0.289 e. The number of carbonyl (C=O) groups excluding carboxylic acids is 3. The molecule has 1 aliphatic heterocycles. The first-order valence-corrected chi connectivity index (χ1v) is 9.98. The van der Waals surface area contributed by atoms with Gasteiger partial charge in [0.15, 0.2) is 5.76 Å². The van der Waals surface area contributed by atoms with Crippen LogP contribution in [0.15, 0.2) is 52.0 Å². The fourth-order valence-corrected chi connectivity index (χ4v) is 3.97. The lowest BCUT2D eigenvalue weighted by Gasteiger charge is -2.35. The van der Waals surface area contributed by atoms with Crippen molar-refractivity contribution in [3.05, 3.63) is 48.4 Å². The van der Waals surface area contributed by atoms with E-state index in [1.54, 1.807) is 21.9 Å². The van der Waals surface area contributed by atoms with Crippen molar-refractivity contribution >= 4 is 35.2 Å². The van der Waals surface area contributed by atoms with Crippen molar-refractivity contribution in [1.29, 1.82) is 0 Å². The lowest BCUT2D eigenvalue weighted by atomic mass is 10.2. The normalized spacial score (nSPS) is 15.2. The van der Waals surface area contributed by atoms with Crippen LogP contribution in [0.4, 0.5) is 5.69 Å². The summed E-state index contributed by atoms with van der Waals surface area (Å²) >= 11 is 1.48. The van der Waals surface area contributed by atoms with Gasteiger partial charge in [0.1, 0.15) is 0 Å². The summed E-state index contributed by atoms with van der Waals surface area (Å²) in [5.41, 5.74) is 0.730. The van der Waals surface area contributed by atoms with Gasteiger partial charge in [-0.15, -0.1) is 11.8 Å². The largest absolute Gasteiger partial charge is 0.459 e. The lowest BCUT2D eigenvalue weighted by Crippen LogP contribution is -2.52. The third-order valence-electron chi connectivity index (χ3n) is 4.45. The first-order valence-electron chi connectivity index (χ1n) is 9.10. The minimum absolute atomic E-state index is 0.0565. The van der Waals surface area contributed by atoms with E-state index in [2.05, 4.69) is 5.32 Å². The molecule has 1 saturated heterocycles. The molecule has 2 aromatic rings. The van der Waals surface area contributed by atoms with Crippen molar-refractivity contribution in [2.75, 3.05) is 31.5 Å². The van der Waals surface area contributed by atoms with Crippen LogP contribution in [0, 0.1) is 0 Å². The average Bonchev–Trinajstić information content (AvgIpc) is 3.23. The molecule has 0 unspecified atom stereocenters. The number of hydrogen-bond donors (Lipinski definition) is 1. The molecule has 0 spiro atoms. The van der Waals surface area contributed by atoms with E-state index < -0.39 is 0 Å². The fourth-order valence-electron chi connectivity index (χ4n) is 3.02. The number of hydrogen-bond acceptors (Lipinski definition) is 5. The highest BCUT2D eigenvalue weighted by atomic mass is 32.2. The van der Waals surface area contributed by atoms with Gasteiger partial charge in [0.25, 0.3) is 5.91 Å². The number of nitrogens with zero attached hydrogens (tertiary/aromatic N) is 2. The zero-order valence-electron chi connectivity index (χ0n) is 15.9. The molecule has 0 saturated carbocycles. The summed E-state index contributed by atoms with van der Waals surface area (Å²) in [6, 6.07) is 10.8. The van der Waals surface area contributed by atoms with Crippen molar-refractivity contribution in [3.63, 3.8) is 0 Å². The number of benzene rings is 1. The van der Waals surface area contributed by atoms with E-state index in [0.29, 0.717) is 31.9 Å². The highest BCUT2D eigenvalue weighted by Gasteiger charge is 2.28. The van der Waals surface area contributed by atoms with Crippen LogP contribution >= 0.6 is 11.8 Å². The molecule has 0 aliphatic carbocycles. The first-order chi connectivity index (χ1) is 13.4. The minimum Gasteiger partial charge on any atom is -0.459 e. The Kier molecular flexibility index (Phi) is 6.41. The zero-order chi connectivity index (χ0) is 20.1. The lowest BCUT2D eigenvalue weighted by molar-refractivity contribution is -0.131. The molecule has 0 radical (unpaired) electrons. The van der Waals surface area contributed by atoms with Gasteiger partial charge in [-0.3, -0.25) is 14.4 Å². The minimum atomic E-state index is -0.237. The van der Waals surface area contributed by atoms with Gasteiger partial charge in [0.2, 0.25) is 11.8 Å². The molecule has 1 atom stereocenters. The fraction of sp³-hybridized carbons (Fsp3) is 0.350. The summed E-state index contributed by atoms with van der Waals surface area (Å²) in [6.45, 7) is 5.36. The molecule has 7 nitrogen and oxygen atoms in total. The van der Waals surface area contributed by atoms with Crippen molar-refractivity contribution in [3.8, 4) is 0 Å². The molecular formula is C20H23N3O4S. The van der Waals surface area contributed by atoms with Crippen LogP contribution in [-0.2, 0) is 9.59 Å². The maximum absolute atomic E-state index is 12.7. The van der Waals surface area contributed by atoms with Crippen LogP contribution in [0.25, 0.3) is 0 Å². The molecule has 2 heterocycles. The van der Waals surface area contributed by atoms with E-state index in [1.807, 2.05) is 31.2 Å². The SMILES string of the molecule is CC(=O)Nc1ccc(S[C@@H](C)C(=O)N2CCN(C(=O)c3ccco3)CC2)cc1. The molecule has 3 amide bonds. The second-order valence-electron chi connectivity index (χ2n) is 6.56. The van der Waals surface area contributed by atoms with Crippen LogP contribution in [0.1, 0.15) is 24.4 Å². The van der Waals surface area contributed by atoms with E-state index in [1.165, 1.54) is 24.9 Å². The van der Waals surface area contributed by atoms with E-state index in [4.69, 9.17) is 4.42 Å². The second-order valence-corrected chi connectivity index (χ2v) is 7.97. The van der Waals surface area contributed by atoms with Gasteiger partial charge in [-0.25, -0.2) is 0 Å². The monoisotopic (exact) mass is 401 g/mol. The maximum atomic E-state index is 12.7. The molecule has 1 aromatic heterocycles. The average molecular weight is 401 g/mol.